The van der Waals surface area contributed by atoms with Crippen molar-refractivity contribution in [2.75, 3.05) is 11.9 Å². The summed E-state index contributed by atoms with van der Waals surface area (Å²) < 4.78 is 57.0. The molecule has 1 N–H and O–H groups in total. The van der Waals surface area contributed by atoms with Crippen LogP contribution in [0.5, 0.6) is 0 Å². The van der Waals surface area contributed by atoms with Crippen molar-refractivity contribution in [2.24, 2.45) is 0 Å². The van der Waals surface area contributed by atoms with E-state index in [0.29, 0.717) is 10.2 Å². The minimum Gasteiger partial charge on any atom is -0.444 e. The van der Waals surface area contributed by atoms with Gasteiger partial charge in [-0.25, -0.2) is 9.18 Å². The Morgan fingerprint density at radius 2 is 1.96 bits per heavy atom. The number of aryl methyl sites for hydroxylation is 1. The van der Waals surface area contributed by atoms with Crippen molar-refractivity contribution in [2.45, 2.75) is 64.7 Å². The van der Waals surface area contributed by atoms with Gasteiger partial charge in [0, 0.05) is 18.2 Å². The molecule has 2 rings (SSSR count). The molecule has 2 atom stereocenters. The largest absolute Gasteiger partial charge is 0.444 e. The Morgan fingerprint density at radius 1 is 1.33 bits per heavy atom. The number of alkyl halides is 4. The van der Waals surface area contributed by atoms with Gasteiger partial charge in [0.2, 0.25) is 5.91 Å². The van der Waals surface area contributed by atoms with Gasteiger partial charge in [-0.2, -0.15) is 18.3 Å². The number of amides is 2. The number of nitrogens with one attached hydrogen (secondary N) is 1. The summed E-state index contributed by atoms with van der Waals surface area (Å²) >= 11 is 0. The SMILES string of the molecule is Cc1cn(CC(F)(F)F)nc1NC(=O)[C@@H]1C[C@@H](F)CN1C(=O)OC(C)(C)C. The molecule has 1 aromatic rings. The number of ether oxygens (including phenoxy) is 1. The zero-order valence-electron chi connectivity index (χ0n) is 15.4. The lowest BCUT2D eigenvalue weighted by Gasteiger charge is -2.27. The number of halogens is 4. The molecular weight excluding hydrogens is 372 g/mol. The molecule has 27 heavy (non-hydrogen) atoms. The smallest absolute Gasteiger partial charge is 0.411 e. The lowest BCUT2D eigenvalue weighted by atomic mass is 10.2. The molecule has 2 amide bonds. The molecule has 1 saturated heterocycles. The van der Waals surface area contributed by atoms with Crippen LogP contribution in [0.15, 0.2) is 6.20 Å². The maximum atomic E-state index is 13.8. The first-order chi connectivity index (χ1) is 12.2. The monoisotopic (exact) mass is 394 g/mol. The van der Waals surface area contributed by atoms with E-state index in [1.165, 1.54) is 6.92 Å². The van der Waals surface area contributed by atoms with Gasteiger partial charge in [0.05, 0.1) is 6.54 Å². The molecule has 0 unspecified atom stereocenters. The molecule has 1 aliphatic rings. The Morgan fingerprint density at radius 3 is 2.52 bits per heavy atom. The molecule has 2 heterocycles. The van der Waals surface area contributed by atoms with Gasteiger partial charge in [0.25, 0.3) is 0 Å². The van der Waals surface area contributed by atoms with E-state index in [1.807, 2.05) is 0 Å². The van der Waals surface area contributed by atoms with Crippen LogP contribution in [-0.4, -0.2) is 57.2 Å². The van der Waals surface area contributed by atoms with Crippen molar-refractivity contribution < 1.29 is 31.9 Å². The number of hydrogen-bond donors (Lipinski definition) is 1. The fraction of sp³-hybridized carbons (Fsp3) is 0.688. The highest BCUT2D eigenvalue weighted by Gasteiger charge is 2.42. The lowest BCUT2D eigenvalue weighted by Crippen LogP contribution is -2.45. The van der Waals surface area contributed by atoms with Crippen LogP contribution in [0.2, 0.25) is 0 Å². The minimum atomic E-state index is -4.46. The quantitative estimate of drug-likeness (QED) is 0.800. The topological polar surface area (TPSA) is 76.5 Å². The number of rotatable bonds is 3. The van der Waals surface area contributed by atoms with E-state index in [1.54, 1.807) is 20.8 Å². The highest BCUT2D eigenvalue weighted by molar-refractivity contribution is 5.96. The molecule has 1 aliphatic heterocycles. The summed E-state index contributed by atoms with van der Waals surface area (Å²) in [6, 6.07) is -1.14. The van der Waals surface area contributed by atoms with Gasteiger partial charge >= 0.3 is 12.3 Å². The molecular formula is C16H22F4N4O3. The van der Waals surface area contributed by atoms with Crippen LogP contribution in [0.1, 0.15) is 32.8 Å². The second-order valence-corrected chi connectivity index (χ2v) is 7.44. The fourth-order valence-corrected chi connectivity index (χ4v) is 2.66. The summed E-state index contributed by atoms with van der Waals surface area (Å²) in [5.41, 5.74) is -0.509. The van der Waals surface area contributed by atoms with E-state index < -0.39 is 42.5 Å². The summed E-state index contributed by atoms with van der Waals surface area (Å²) in [5, 5.41) is 6.06. The van der Waals surface area contributed by atoms with Crippen LogP contribution in [0.25, 0.3) is 0 Å². The standard InChI is InChI=1S/C16H22F4N4O3/c1-9-6-23(8-16(18,19)20)22-12(9)21-13(25)11-5-10(17)7-24(11)14(26)27-15(2,3)4/h6,10-11H,5,7-8H2,1-4H3,(H,21,22,25)/t10-,11+/m1/s1. The molecule has 152 valence electrons. The van der Waals surface area contributed by atoms with Gasteiger partial charge in [-0.05, 0) is 27.7 Å². The van der Waals surface area contributed by atoms with E-state index in [2.05, 4.69) is 10.4 Å². The van der Waals surface area contributed by atoms with Crippen LogP contribution < -0.4 is 5.32 Å². The molecule has 0 aromatic carbocycles. The van der Waals surface area contributed by atoms with Crippen LogP contribution >= 0.6 is 0 Å². The number of anilines is 1. The van der Waals surface area contributed by atoms with Crippen molar-refractivity contribution in [3.63, 3.8) is 0 Å². The van der Waals surface area contributed by atoms with Crippen molar-refractivity contribution in [3.8, 4) is 0 Å². The molecule has 7 nitrogen and oxygen atoms in total. The van der Waals surface area contributed by atoms with E-state index >= 15 is 0 Å². The third kappa shape index (κ3) is 5.83. The fourth-order valence-electron chi connectivity index (χ4n) is 2.66. The summed E-state index contributed by atoms with van der Waals surface area (Å²) in [6.07, 6.45) is -5.78. The van der Waals surface area contributed by atoms with Gasteiger partial charge in [0.15, 0.2) is 5.82 Å². The number of aromatic nitrogens is 2. The van der Waals surface area contributed by atoms with Gasteiger partial charge in [-0.15, -0.1) is 0 Å². The van der Waals surface area contributed by atoms with Gasteiger partial charge in [-0.1, -0.05) is 0 Å². The Bertz CT molecular complexity index is 711. The third-order valence-electron chi connectivity index (χ3n) is 3.71. The second-order valence-electron chi connectivity index (χ2n) is 7.44. The Balaban J connectivity index is 2.11. The molecule has 0 bridgehead atoms. The number of nitrogens with zero attached hydrogens (tertiary/aromatic N) is 3. The molecule has 1 aromatic heterocycles. The van der Waals surface area contributed by atoms with Gasteiger partial charge < -0.3 is 10.1 Å². The third-order valence-corrected chi connectivity index (χ3v) is 3.71. The summed E-state index contributed by atoms with van der Waals surface area (Å²) in [5.74, 6) is -0.808. The molecule has 0 aliphatic carbocycles. The summed E-state index contributed by atoms with van der Waals surface area (Å²) in [6.45, 7) is 4.80. The maximum Gasteiger partial charge on any atom is 0.411 e. The molecule has 0 radical (unpaired) electrons. The molecule has 1 fully saturated rings. The van der Waals surface area contributed by atoms with Crippen molar-refractivity contribution in [1.82, 2.24) is 14.7 Å². The van der Waals surface area contributed by atoms with Crippen LogP contribution in [-0.2, 0) is 16.1 Å². The Labute approximate surface area is 153 Å². The Kier molecular flexibility index (Phi) is 5.71. The van der Waals surface area contributed by atoms with Crippen LogP contribution in [0, 0.1) is 6.92 Å². The lowest BCUT2D eigenvalue weighted by molar-refractivity contribution is -0.142. The van der Waals surface area contributed by atoms with Gasteiger partial charge in [0.1, 0.15) is 24.4 Å². The number of likely N-dealkylation sites (tertiary alicyclic amines) is 1. The minimum absolute atomic E-state index is 0.0734. The first-order valence-corrected chi connectivity index (χ1v) is 8.30. The normalized spacial score (nSPS) is 20.7. The maximum absolute atomic E-state index is 13.8. The molecule has 0 spiro atoms. The van der Waals surface area contributed by atoms with Crippen molar-refractivity contribution in [1.29, 1.82) is 0 Å². The van der Waals surface area contributed by atoms with E-state index in [9.17, 15) is 27.2 Å². The van der Waals surface area contributed by atoms with E-state index in [0.717, 1.165) is 11.1 Å². The average Bonchev–Trinajstić information content (AvgIpc) is 2.99. The van der Waals surface area contributed by atoms with Gasteiger partial charge in [-0.3, -0.25) is 14.4 Å². The van der Waals surface area contributed by atoms with Crippen LogP contribution in [0.3, 0.4) is 0 Å². The molecule has 0 saturated carbocycles. The van der Waals surface area contributed by atoms with Crippen molar-refractivity contribution in [3.05, 3.63) is 11.8 Å². The van der Waals surface area contributed by atoms with E-state index in [-0.39, 0.29) is 18.8 Å². The first kappa shape index (κ1) is 21.0. The number of carbonyl (C=O) groups excluding carboxylic acids is 2. The van der Waals surface area contributed by atoms with Crippen LogP contribution in [0.4, 0.5) is 28.2 Å². The zero-order valence-corrected chi connectivity index (χ0v) is 15.4. The number of carbonyl (C=O) groups is 2. The molecule has 11 heteroatoms. The Hall–Kier alpha value is -2.33. The zero-order chi connectivity index (χ0) is 20.6. The summed E-state index contributed by atoms with van der Waals surface area (Å²) in [7, 11) is 0. The first-order valence-electron chi connectivity index (χ1n) is 8.30. The highest BCUT2D eigenvalue weighted by atomic mass is 19.4. The predicted octanol–water partition coefficient (Wildman–Crippen LogP) is 3.04. The predicted molar refractivity (Wildman–Crippen MR) is 87.9 cm³/mol. The summed E-state index contributed by atoms with van der Waals surface area (Å²) in [4.78, 5) is 25.7. The van der Waals surface area contributed by atoms with Crippen molar-refractivity contribution >= 4 is 17.8 Å². The second kappa shape index (κ2) is 7.35. The highest BCUT2D eigenvalue weighted by Crippen LogP contribution is 2.25. The van der Waals surface area contributed by atoms with E-state index in [4.69, 9.17) is 4.74 Å². The average molecular weight is 394 g/mol. The number of hydrogen-bond acceptors (Lipinski definition) is 4.